The zero-order chi connectivity index (χ0) is 14.8. The van der Waals surface area contributed by atoms with Crippen molar-refractivity contribution < 1.29 is 5.11 Å². The Morgan fingerprint density at radius 1 is 1.29 bits per heavy atom. The highest BCUT2D eigenvalue weighted by atomic mass is 16.3. The van der Waals surface area contributed by atoms with E-state index >= 15 is 0 Å². The molecule has 1 aromatic heterocycles. The quantitative estimate of drug-likeness (QED) is 0.932. The molecule has 112 valence electrons. The van der Waals surface area contributed by atoms with Crippen molar-refractivity contribution in [3.63, 3.8) is 0 Å². The van der Waals surface area contributed by atoms with E-state index in [9.17, 15) is 5.11 Å². The fourth-order valence-electron chi connectivity index (χ4n) is 3.48. The fraction of sp³-hybridized carbons (Fsp3) is 0.500. The standard InChI is InChI=1S/C18H24N2O/c1-13-6-5-7-15(10-13)20(2)18-11-14(12-21)16-8-3-4-9-17(16)19-18/h3-4,8-9,11,13,15,21H,5-7,10,12H2,1-2H3. The van der Waals surface area contributed by atoms with Gasteiger partial charge in [0.15, 0.2) is 0 Å². The molecule has 2 unspecified atom stereocenters. The smallest absolute Gasteiger partial charge is 0.129 e. The first-order valence-corrected chi connectivity index (χ1v) is 7.91. The first kappa shape index (κ1) is 14.3. The van der Waals surface area contributed by atoms with E-state index in [1.165, 1.54) is 25.7 Å². The van der Waals surface area contributed by atoms with Crippen molar-refractivity contribution in [2.45, 2.75) is 45.3 Å². The molecule has 1 aromatic carbocycles. The first-order chi connectivity index (χ1) is 10.2. The number of hydrogen-bond donors (Lipinski definition) is 1. The summed E-state index contributed by atoms with van der Waals surface area (Å²) >= 11 is 0. The number of hydrogen-bond acceptors (Lipinski definition) is 3. The van der Waals surface area contributed by atoms with E-state index in [2.05, 4.69) is 18.9 Å². The lowest BCUT2D eigenvalue weighted by molar-refractivity contribution is 0.283. The van der Waals surface area contributed by atoms with Gasteiger partial charge in [-0.15, -0.1) is 0 Å². The van der Waals surface area contributed by atoms with Gasteiger partial charge in [-0.2, -0.15) is 0 Å². The Hall–Kier alpha value is -1.61. The van der Waals surface area contributed by atoms with Crippen molar-refractivity contribution in [2.75, 3.05) is 11.9 Å². The lowest BCUT2D eigenvalue weighted by Gasteiger charge is -2.35. The maximum absolute atomic E-state index is 9.65. The average molecular weight is 284 g/mol. The number of aliphatic hydroxyl groups is 1. The maximum Gasteiger partial charge on any atom is 0.129 e. The molecule has 3 heteroatoms. The maximum atomic E-state index is 9.65. The Labute approximate surface area is 126 Å². The molecule has 0 amide bonds. The van der Waals surface area contributed by atoms with Gasteiger partial charge in [-0.1, -0.05) is 38.0 Å². The average Bonchev–Trinajstić information content (AvgIpc) is 2.53. The second kappa shape index (κ2) is 6.02. The topological polar surface area (TPSA) is 36.4 Å². The van der Waals surface area contributed by atoms with Gasteiger partial charge >= 0.3 is 0 Å². The highest BCUT2D eigenvalue weighted by molar-refractivity contribution is 5.84. The molecule has 1 aliphatic carbocycles. The Morgan fingerprint density at radius 2 is 2.10 bits per heavy atom. The molecule has 21 heavy (non-hydrogen) atoms. The van der Waals surface area contributed by atoms with E-state index in [4.69, 9.17) is 4.98 Å². The number of benzene rings is 1. The number of fused-ring (bicyclic) bond motifs is 1. The second-order valence-corrected chi connectivity index (χ2v) is 6.35. The van der Waals surface area contributed by atoms with Crippen LogP contribution in [0, 0.1) is 5.92 Å². The van der Waals surface area contributed by atoms with Crippen LogP contribution in [-0.2, 0) is 6.61 Å². The summed E-state index contributed by atoms with van der Waals surface area (Å²) in [5, 5.41) is 10.7. The predicted molar refractivity (Wildman–Crippen MR) is 87.5 cm³/mol. The Kier molecular flexibility index (Phi) is 4.11. The van der Waals surface area contributed by atoms with Gasteiger partial charge in [0.1, 0.15) is 5.82 Å². The van der Waals surface area contributed by atoms with Gasteiger partial charge in [0.2, 0.25) is 0 Å². The van der Waals surface area contributed by atoms with E-state index in [0.29, 0.717) is 6.04 Å². The van der Waals surface area contributed by atoms with Crippen molar-refractivity contribution >= 4 is 16.7 Å². The molecule has 2 atom stereocenters. The number of para-hydroxylation sites is 1. The minimum absolute atomic E-state index is 0.0605. The second-order valence-electron chi connectivity index (χ2n) is 6.35. The third-order valence-corrected chi connectivity index (χ3v) is 4.78. The number of nitrogens with zero attached hydrogens (tertiary/aromatic N) is 2. The van der Waals surface area contributed by atoms with E-state index in [-0.39, 0.29) is 6.61 Å². The molecule has 0 radical (unpaired) electrons. The van der Waals surface area contributed by atoms with Crippen LogP contribution in [0.4, 0.5) is 5.82 Å². The predicted octanol–water partition coefficient (Wildman–Crippen LogP) is 3.74. The number of anilines is 1. The lowest BCUT2D eigenvalue weighted by Crippen LogP contribution is -2.36. The van der Waals surface area contributed by atoms with E-state index in [1.54, 1.807) is 0 Å². The van der Waals surface area contributed by atoms with Gasteiger partial charge in [0.25, 0.3) is 0 Å². The number of rotatable bonds is 3. The van der Waals surface area contributed by atoms with Crippen LogP contribution in [0.5, 0.6) is 0 Å². The molecule has 0 bridgehead atoms. The van der Waals surface area contributed by atoms with E-state index in [0.717, 1.165) is 28.2 Å². The molecule has 0 spiro atoms. The van der Waals surface area contributed by atoms with Crippen LogP contribution >= 0.6 is 0 Å². The first-order valence-electron chi connectivity index (χ1n) is 7.91. The van der Waals surface area contributed by atoms with Crippen LogP contribution in [-0.4, -0.2) is 23.2 Å². The molecular formula is C18H24N2O. The largest absolute Gasteiger partial charge is 0.392 e. The van der Waals surface area contributed by atoms with E-state index in [1.807, 2.05) is 30.3 Å². The van der Waals surface area contributed by atoms with Gasteiger partial charge in [-0.3, -0.25) is 0 Å². The third-order valence-electron chi connectivity index (χ3n) is 4.78. The summed E-state index contributed by atoms with van der Waals surface area (Å²) in [6.07, 6.45) is 5.12. The molecule has 0 aliphatic heterocycles. The summed E-state index contributed by atoms with van der Waals surface area (Å²) in [4.78, 5) is 7.11. The molecule has 1 heterocycles. The fourth-order valence-corrected chi connectivity index (χ4v) is 3.48. The molecular weight excluding hydrogens is 260 g/mol. The van der Waals surface area contributed by atoms with Crippen molar-refractivity contribution in [3.8, 4) is 0 Å². The summed E-state index contributed by atoms with van der Waals surface area (Å²) in [5.74, 6) is 1.78. The molecule has 1 fully saturated rings. The van der Waals surface area contributed by atoms with Crippen LogP contribution in [0.3, 0.4) is 0 Å². The summed E-state index contributed by atoms with van der Waals surface area (Å²) in [5.41, 5.74) is 1.93. The molecule has 0 saturated heterocycles. The van der Waals surface area contributed by atoms with E-state index < -0.39 is 0 Å². The molecule has 3 nitrogen and oxygen atoms in total. The molecule has 3 rings (SSSR count). The van der Waals surface area contributed by atoms with Crippen LogP contribution < -0.4 is 4.90 Å². The van der Waals surface area contributed by atoms with Crippen molar-refractivity contribution in [1.29, 1.82) is 0 Å². The Balaban J connectivity index is 1.95. The van der Waals surface area contributed by atoms with Crippen molar-refractivity contribution in [3.05, 3.63) is 35.9 Å². The highest BCUT2D eigenvalue weighted by Gasteiger charge is 2.23. The SMILES string of the molecule is CC1CCCC(N(C)c2cc(CO)c3ccccc3n2)C1. The third kappa shape index (κ3) is 2.88. The summed E-state index contributed by atoms with van der Waals surface area (Å²) in [7, 11) is 2.14. The van der Waals surface area contributed by atoms with Gasteiger partial charge in [0.05, 0.1) is 12.1 Å². The van der Waals surface area contributed by atoms with Gasteiger partial charge in [-0.25, -0.2) is 4.98 Å². The molecule has 1 aliphatic rings. The summed E-state index contributed by atoms with van der Waals surface area (Å²) in [6.45, 7) is 2.40. The monoisotopic (exact) mass is 284 g/mol. The lowest BCUT2D eigenvalue weighted by atomic mass is 9.86. The Morgan fingerprint density at radius 3 is 2.86 bits per heavy atom. The minimum atomic E-state index is 0.0605. The summed E-state index contributed by atoms with van der Waals surface area (Å²) in [6, 6.07) is 10.7. The number of aliphatic hydroxyl groups excluding tert-OH is 1. The highest BCUT2D eigenvalue weighted by Crippen LogP contribution is 2.30. The van der Waals surface area contributed by atoms with Crippen molar-refractivity contribution in [1.82, 2.24) is 4.98 Å². The van der Waals surface area contributed by atoms with Gasteiger partial charge < -0.3 is 10.0 Å². The number of aromatic nitrogens is 1. The molecule has 1 N–H and O–H groups in total. The van der Waals surface area contributed by atoms with Gasteiger partial charge in [-0.05, 0) is 36.5 Å². The zero-order valence-corrected chi connectivity index (χ0v) is 12.9. The normalized spacial score (nSPS) is 22.4. The van der Waals surface area contributed by atoms with Crippen LogP contribution in [0.1, 0.15) is 38.2 Å². The minimum Gasteiger partial charge on any atom is -0.392 e. The van der Waals surface area contributed by atoms with Crippen molar-refractivity contribution in [2.24, 2.45) is 5.92 Å². The Bertz CT molecular complexity index is 626. The van der Waals surface area contributed by atoms with Gasteiger partial charge in [0, 0.05) is 18.5 Å². The molecule has 2 aromatic rings. The molecule has 1 saturated carbocycles. The number of pyridine rings is 1. The van der Waals surface area contributed by atoms with Crippen LogP contribution in [0.2, 0.25) is 0 Å². The van der Waals surface area contributed by atoms with Crippen LogP contribution in [0.15, 0.2) is 30.3 Å². The zero-order valence-electron chi connectivity index (χ0n) is 12.9. The summed E-state index contributed by atoms with van der Waals surface area (Å²) < 4.78 is 0. The van der Waals surface area contributed by atoms with Crippen LogP contribution in [0.25, 0.3) is 10.9 Å².